The van der Waals surface area contributed by atoms with Gasteiger partial charge in [-0.05, 0) is 89.9 Å². The first-order valence-corrected chi connectivity index (χ1v) is 19.2. The molecular weight excluding hydrogens is 858 g/mol. The third kappa shape index (κ3) is 5.82. The standard InChI is InChI=1S/C49H53N3O2.Pt/c1-28-21-31(4)43-38(22-28)48(13)49(14,47(43,11)12)54-44(51-48)36-27-41(30(3)23-29(36)2)53-34-16-17-35-37-24-32(45(5,6)7)15-18-39(37)52(40(35)26-34)42-25-33(19-20-50-42)46(8,9)10;/h15-25H,1-14H3;/q-2;+2/t48-,49+;/m1./s1. The normalized spacial score (nSPS) is 20.2. The number of aromatic nitrogens is 2. The molecule has 4 aromatic carbocycles. The molecule has 0 radical (unpaired) electrons. The van der Waals surface area contributed by atoms with Crippen molar-refractivity contribution in [2.24, 2.45) is 4.99 Å². The van der Waals surface area contributed by atoms with Crippen LogP contribution in [0, 0.1) is 39.8 Å². The van der Waals surface area contributed by atoms with Crippen molar-refractivity contribution < 1.29 is 30.5 Å². The quantitative estimate of drug-likeness (QED) is 0.166. The van der Waals surface area contributed by atoms with Gasteiger partial charge in [-0.3, -0.25) is 4.99 Å². The molecule has 2 aromatic heterocycles. The second-order valence-corrected chi connectivity index (χ2v) is 18.8. The van der Waals surface area contributed by atoms with Crippen LogP contribution >= 0.6 is 0 Å². The summed E-state index contributed by atoms with van der Waals surface area (Å²) in [5, 5.41) is 2.27. The molecular formula is C49H53N3O2Pt. The van der Waals surface area contributed by atoms with Gasteiger partial charge in [0.25, 0.3) is 0 Å². The van der Waals surface area contributed by atoms with Crippen LogP contribution in [0.25, 0.3) is 27.6 Å². The maximum absolute atomic E-state index is 7.05. The van der Waals surface area contributed by atoms with Crippen molar-refractivity contribution in [3.05, 3.63) is 129 Å². The Hall–Kier alpha value is -4.21. The van der Waals surface area contributed by atoms with Gasteiger partial charge in [0, 0.05) is 28.6 Å². The van der Waals surface area contributed by atoms with E-state index in [0.29, 0.717) is 17.4 Å². The first-order valence-electron chi connectivity index (χ1n) is 19.2. The summed E-state index contributed by atoms with van der Waals surface area (Å²) in [5.41, 5.74) is 11.1. The summed E-state index contributed by atoms with van der Waals surface area (Å²) < 4.78 is 16.0. The number of aliphatic imine (C=N–C) groups is 1. The van der Waals surface area contributed by atoms with E-state index in [9.17, 15) is 0 Å². The zero-order chi connectivity index (χ0) is 38.9. The summed E-state index contributed by atoms with van der Waals surface area (Å²) in [6.45, 7) is 31.0. The largest absolute Gasteiger partial charge is 2.00 e. The summed E-state index contributed by atoms with van der Waals surface area (Å²) in [6, 6.07) is 29.3. The predicted octanol–water partition coefficient (Wildman–Crippen LogP) is 12.1. The van der Waals surface area contributed by atoms with E-state index in [1.54, 1.807) is 0 Å². The van der Waals surface area contributed by atoms with Gasteiger partial charge in [0.2, 0.25) is 0 Å². The molecule has 0 fully saturated rings. The summed E-state index contributed by atoms with van der Waals surface area (Å²) in [4.78, 5) is 10.3. The molecule has 8 rings (SSSR count). The molecule has 0 saturated heterocycles. The van der Waals surface area contributed by atoms with E-state index in [2.05, 4.69) is 168 Å². The van der Waals surface area contributed by atoms with Crippen molar-refractivity contribution >= 4 is 27.7 Å². The van der Waals surface area contributed by atoms with Crippen LogP contribution in [0.3, 0.4) is 0 Å². The molecule has 0 amide bonds. The average Bonchev–Trinajstić information content (AvgIpc) is 3.59. The van der Waals surface area contributed by atoms with Gasteiger partial charge >= 0.3 is 21.1 Å². The number of nitrogens with zero attached hydrogens (tertiary/aromatic N) is 3. The van der Waals surface area contributed by atoms with E-state index in [1.165, 1.54) is 38.8 Å². The summed E-state index contributed by atoms with van der Waals surface area (Å²) in [7, 11) is 0. The van der Waals surface area contributed by atoms with Crippen molar-refractivity contribution in [3.63, 3.8) is 0 Å². The van der Waals surface area contributed by atoms with E-state index in [4.69, 9.17) is 19.5 Å². The number of benzene rings is 4. The molecule has 0 spiro atoms. The zero-order valence-corrected chi connectivity index (χ0v) is 37.1. The molecule has 6 aromatic rings. The van der Waals surface area contributed by atoms with Gasteiger partial charge in [0.15, 0.2) is 0 Å². The van der Waals surface area contributed by atoms with Gasteiger partial charge in [0.1, 0.15) is 22.9 Å². The van der Waals surface area contributed by atoms with Crippen molar-refractivity contribution in [2.75, 3.05) is 0 Å². The number of pyridine rings is 1. The summed E-state index contributed by atoms with van der Waals surface area (Å²) in [6.07, 6.45) is 1.91. The smallest absolute Gasteiger partial charge is 0.510 e. The van der Waals surface area contributed by atoms with Gasteiger partial charge in [-0.1, -0.05) is 122 Å². The molecule has 0 saturated carbocycles. The molecule has 0 unspecified atom stereocenters. The molecule has 0 N–H and O–H groups in total. The van der Waals surface area contributed by atoms with Crippen LogP contribution in [0.2, 0.25) is 0 Å². The van der Waals surface area contributed by atoms with E-state index in [1.807, 2.05) is 12.3 Å². The van der Waals surface area contributed by atoms with Crippen LogP contribution in [0.5, 0.6) is 11.5 Å². The SMILES string of the molecule is Cc1cc(C)c2c(c1)[C@@]1(C)N=C(c3[c-]c(Oc4[c-]c5c(cc4)c4cc(C(C)(C)C)ccc4n5-c4cc(C(C)(C)C)ccn4)c(C)cc3C)O[C@@]1(C)C2(C)C.[Pt+2]. The first kappa shape index (κ1) is 39.0. The summed E-state index contributed by atoms with van der Waals surface area (Å²) >= 11 is 0. The molecule has 2 atom stereocenters. The van der Waals surface area contributed by atoms with Crippen molar-refractivity contribution in [1.29, 1.82) is 0 Å². The minimum absolute atomic E-state index is 0. The van der Waals surface area contributed by atoms with Crippen molar-refractivity contribution in [2.45, 2.75) is 124 Å². The van der Waals surface area contributed by atoms with Crippen LogP contribution in [-0.4, -0.2) is 21.0 Å². The van der Waals surface area contributed by atoms with E-state index in [-0.39, 0.29) is 37.3 Å². The molecule has 1 aliphatic heterocycles. The summed E-state index contributed by atoms with van der Waals surface area (Å²) in [5.74, 6) is 2.70. The molecule has 2 aliphatic rings. The average molecular weight is 911 g/mol. The topological polar surface area (TPSA) is 48.6 Å². The maximum Gasteiger partial charge on any atom is 2.00 e. The van der Waals surface area contributed by atoms with E-state index in [0.717, 1.165) is 38.9 Å². The Morgan fingerprint density at radius 1 is 0.727 bits per heavy atom. The Balaban J connectivity index is 0.00000465. The third-order valence-corrected chi connectivity index (χ3v) is 12.6. The second kappa shape index (κ2) is 12.7. The Morgan fingerprint density at radius 3 is 2.11 bits per heavy atom. The molecule has 3 heterocycles. The van der Waals surface area contributed by atoms with Crippen LogP contribution in [0.15, 0.2) is 71.9 Å². The second-order valence-electron chi connectivity index (χ2n) is 18.8. The monoisotopic (exact) mass is 910 g/mol. The van der Waals surface area contributed by atoms with Crippen LogP contribution in [0.4, 0.5) is 0 Å². The van der Waals surface area contributed by atoms with Crippen LogP contribution < -0.4 is 4.74 Å². The van der Waals surface area contributed by atoms with E-state index >= 15 is 0 Å². The zero-order valence-electron chi connectivity index (χ0n) is 34.8. The minimum atomic E-state index is -0.584. The Morgan fingerprint density at radius 2 is 1.42 bits per heavy atom. The number of hydrogen-bond donors (Lipinski definition) is 0. The molecule has 0 bridgehead atoms. The van der Waals surface area contributed by atoms with E-state index < -0.39 is 11.1 Å². The van der Waals surface area contributed by atoms with Gasteiger partial charge < -0.3 is 14.0 Å². The minimum Gasteiger partial charge on any atom is -0.510 e. The predicted molar refractivity (Wildman–Crippen MR) is 222 cm³/mol. The number of rotatable bonds is 4. The molecule has 1 aliphatic carbocycles. The van der Waals surface area contributed by atoms with Crippen molar-refractivity contribution in [3.8, 4) is 17.3 Å². The number of ether oxygens (including phenoxy) is 2. The molecule has 5 nitrogen and oxygen atoms in total. The first-order chi connectivity index (χ1) is 25.1. The fourth-order valence-electron chi connectivity index (χ4n) is 9.11. The van der Waals surface area contributed by atoms with Crippen LogP contribution in [-0.2, 0) is 47.6 Å². The Labute approximate surface area is 341 Å². The number of hydrogen-bond acceptors (Lipinski definition) is 4. The van der Waals surface area contributed by atoms with Gasteiger partial charge in [0.05, 0.1) is 0 Å². The fourth-order valence-corrected chi connectivity index (χ4v) is 9.11. The molecule has 55 heavy (non-hydrogen) atoms. The fraction of sp³-hybridized carbons (Fsp3) is 0.388. The van der Waals surface area contributed by atoms with Gasteiger partial charge in [-0.25, -0.2) is 4.98 Å². The third-order valence-electron chi connectivity index (χ3n) is 12.6. The molecule has 6 heteroatoms. The van der Waals surface area contributed by atoms with Gasteiger partial charge in [-0.2, -0.15) is 6.07 Å². The van der Waals surface area contributed by atoms with Gasteiger partial charge in [-0.15, -0.1) is 29.1 Å². The maximum atomic E-state index is 7.05. The van der Waals surface area contributed by atoms with Crippen molar-refractivity contribution in [1.82, 2.24) is 9.55 Å². The Kier molecular flexibility index (Phi) is 8.98. The Bertz CT molecular complexity index is 2580. The molecule has 286 valence electrons. The number of aryl methyl sites for hydroxylation is 4. The number of fused-ring (bicyclic) bond motifs is 6. The van der Waals surface area contributed by atoms with Crippen LogP contribution in [0.1, 0.15) is 119 Å².